The number of carbonyl (C=O) groups excluding carboxylic acids is 1. The molecule has 12 heavy (non-hydrogen) atoms. The van der Waals surface area contributed by atoms with E-state index in [1.54, 1.807) is 0 Å². The zero-order valence-corrected chi connectivity index (χ0v) is 6.29. The van der Waals surface area contributed by atoms with Crippen LogP contribution in [0.1, 0.15) is 0 Å². The first-order valence-electron chi connectivity index (χ1n) is 3.28. The molecule has 6 heteroatoms. The van der Waals surface area contributed by atoms with Gasteiger partial charge in [-0.1, -0.05) is 0 Å². The van der Waals surface area contributed by atoms with Crippen molar-refractivity contribution in [2.75, 3.05) is 13.2 Å². The van der Waals surface area contributed by atoms with Gasteiger partial charge in [-0.25, -0.2) is 0 Å². The van der Waals surface area contributed by atoms with Crippen LogP contribution in [0, 0.1) is 0 Å². The number of hydrogen-bond acceptors (Lipinski definition) is 6. The summed E-state index contributed by atoms with van der Waals surface area (Å²) in [5, 5.41) is 43.9. The molecule has 0 aliphatic heterocycles. The standard InChI is InChI=1S/C6H12O6/c7-1-4(10)6(12,3-9)5(11)2-8/h1,4-5,8-12H,2-3H2/t4-,5-,6+/m1/s1. The van der Waals surface area contributed by atoms with Gasteiger partial charge in [-0.05, 0) is 0 Å². The van der Waals surface area contributed by atoms with E-state index in [1.165, 1.54) is 0 Å². The summed E-state index contributed by atoms with van der Waals surface area (Å²) >= 11 is 0. The molecule has 0 spiro atoms. The van der Waals surface area contributed by atoms with Gasteiger partial charge in [0.25, 0.3) is 0 Å². The number of aliphatic hydroxyl groups excluding tert-OH is 4. The molecule has 0 radical (unpaired) electrons. The van der Waals surface area contributed by atoms with E-state index in [2.05, 4.69) is 0 Å². The Kier molecular flexibility index (Phi) is 4.29. The molecule has 0 unspecified atom stereocenters. The fourth-order valence-electron chi connectivity index (χ4n) is 0.672. The number of carbonyl (C=O) groups is 1. The predicted octanol–water partition coefficient (Wildman–Crippen LogP) is -3.38. The fourth-order valence-corrected chi connectivity index (χ4v) is 0.672. The Hall–Kier alpha value is -0.530. The molecular formula is C6H12O6. The van der Waals surface area contributed by atoms with Crippen LogP contribution in [-0.4, -0.2) is 62.8 Å². The van der Waals surface area contributed by atoms with Crippen molar-refractivity contribution in [3.8, 4) is 0 Å². The maximum absolute atomic E-state index is 10.0. The highest BCUT2D eigenvalue weighted by Gasteiger charge is 2.41. The summed E-state index contributed by atoms with van der Waals surface area (Å²) < 4.78 is 0. The molecule has 0 fully saturated rings. The quantitative estimate of drug-likeness (QED) is 0.282. The highest BCUT2D eigenvalue weighted by molar-refractivity contribution is 5.58. The summed E-state index contributed by atoms with van der Waals surface area (Å²) in [6.45, 7) is -1.88. The molecule has 72 valence electrons. The average molecular weight is 180 g/mol. The number of aldehydes is 1. The van der Waals surface area contributed by atoms with Gasteiger partial charge < -0.3 is 30.3 Å². The molecule has 0 heterocycles. The van der Waals surface area contributed by atoms with Gasteiger partial charge >= 0.3 is 0 Å². The van der Waals surface area contributed by atoms with E-state index in [0.717, 1.165) is 0 Å². The first-order valence-corrected chi connectivity index (χ1v) is 3.28. The minimum absolute atomic E-state index is 0.0326. The molecular weight excluding hydrogens is 168 g/mol. The molecule has 0 aromatic rings. The van der Waals surface area contributed by atoms with Gasteiger partial charge in [-0.3, -0.25) is 0 Å². The molecule has 5 N–H and O–H groups in total. The monoisotopic (exact) mass is 180 g/mol. The van der Waals surface area contributed by atoms with Gasteiger partial charge in [-0.15, -0.1) is 0 Å². The third kappa shape index (κ3) is 1.99. The van der Waals surface area contributed by atoms with Crippen molar-refractivity contribution < 1.29 is 30.3 Å². The molecule has 6 nitrogen and oxygen atoms in total. The van der Waals surface area contributed by atoms with Crippen molar-refractivity contribution in [2.45, 2.75) is 17.8 Å². The average Bonchev–Trinajstić information content (AvgIpc) is 2.13. The van der Waals surface area contributed by atoms with E-state index in [0.29, 0.717) is 0 Å². The molecule has 0 aromatic carbocycles. The Labute approximate surface area is 68.7 Å². The lowest BCUT2D eigenvalue weighted by Gasteiger charge is -2.31. The van der Waals surface area contributed by atoms with Crippen molar-refractivity contribution in [3.63, 3.8) is 0 Å². The normalized spacial score (nSPS) is 21.1. The van der Waals surface area contributed by atoms with E-state index in [1.807, 2.05) is 0 Å². The first kappa shape index (κ1) is 11.5. The minimum Gasteiger partial charge on any atom is -0.394 e. The molecule has 0 saturated heterocycles. The van der Waals surface area contributed by atoms with Gasteiger partial charge in [0.15, 0.2) is 6.29 Å². The summed E-state index contributed by atoms with van der Waals surface area (Å²) in [5.74, 6) is 0. The van der Waals surface area contributed by atoms with Gasteiger partial charge in [-0.2, -0.15) is 0 Å². The van der Waals surface area contributed by atoms with Gasteiger partial charge in [0.05, 0.1) is 13.2 Å². The summed E-state index contributed by atoms with van der Waals surface area (Å²) in [6, 6.07) is 0. The Morgan fingerprint density at radius 2 is 1.83 bits per heavy atom. The summed E-state index contributed by atoms with van der Waals surface area (Å²) in [6.07, 6.45) is -3.72. The molecule has 0 aliphatic rings. The summed E-state index contributed by atoms with van der Waals surface area (Å²) in [7, 11) is 0. The van der Waals surface area contributed by atoms with Gasteiger partial charge in [0.1, 0.15) is 17.8 Å². The van der Waals surface area contributed by atoms with E-state index < -0.39 is 31.0 Å². The van der Waals surface area contributed by atoms with Crippen molar-refractivity contribution in [2.24, 2.45) is 0 Å². The van der Waals surface area contributed by atoms with Crippen LogP contribution in [0.5, 0.6) is 0 Å². The Morgan fingerprint density at radius 3 is 2.08 bits per heavy atom. The topological polar surface area (TPSA) is 118 Å². The van der Waals surface area contributed by atoms with Crippen molar-refractivity contribution >= 4 is 6.29 Å². The number of hydrogen-bond donors (Lipinski definition) is 5. The van der Waals surface area contributed by atoms with Gasteiger partial charge in [0.2, 0.25) is 0 Å². The second-order valence-corrected chi connectivity index (χ2v) is 2.43. The predicted molar refractivity (Wildman–Crippen MR) is 37.2 cm³/mol. The molecule has 0 bridgehead atoms. The number of rotatable bonds is 5. The lowest BCUT2D eigenvalue weighted by molar-refractivity contribution is -0.176. The zero-order valence-electron chi connectivity index (χ0n) is 6.29. The van der Waals surface area contributed by atoms with Crippen LogP contribution in [0.15, 0.2) is 0 Å². The molecule has 0 saturated carbocycles. The first-order chi connectivity index (χ1) is 5.52. The van der Waals surface area contributed by atoms with Crippen molar-refractivity contribution in [3.05, 3.63) is 0 Å². The SMILES string of the molecule is O=C[C@@H](O)[C@@](O)(CO)[C@H](O)CO. The van der Waals surface area contributed by atoms with Crippen LogP contribution < -0.4 is 0 Å². The van der Waals surface area contributed by atoms with Crippen molar-refractivity contribution in [1.29, 1.82) is 0 Å². The maximum Gasteiger partial charge on any atom is 0.151 e. The molecule has 0 amide bonds. The highest BCUT2D eigenvalue weighted by Crippen LogP contribution is 2.13. The number of aliphatic hydroxyl groups is 5. The van der Waals surface area contributed by atoms with Crippen LogP contribution in [0.25, 0.3) is 0 Å². The van der Waals surface area contributed by atoms with Crippen LogP contribution in [0.4, 0.5) is 0 Å². The molecule has 3 atom stereocenters. The van der Waals surface area contributed by atoms with Gasteiger partial charge in [0, 0.05) is 0 Å². The lowest BCUT2D eigenvalue weighted by atomic mass is 9.92. The van der Waals surface area contributed by atoms with Crippen LogP contribution in [0.2, 0.25) is 0 Å². The summed E-state index contributed by atoms with van der Waals surface area (Å²) in [5.41, 5.74) is -2.39. The van der Waals surface area contributed by atoms with Crippen LogP contribution in [-0.2, 0) is 4.79 Å². The third-order valence-electron chi connectivity index (χ3n) is 1.64. The molecule has 0 aliphatic carbocycles. The smallest absolute Gasteiger partial charge is 0.151 e. The highest BCUT2D eigenvalue weighted by atomic mass is 16.4. The molecule has 0 rings (SSSR count). The Bertz CT molecular complexity index is 149. The second-order valence-electron chi connectivity index (χ2n) is 2.43. The largest absolute Gasteiger partial charge is 0.394 e. The Morgan fingerprint density at radius 1 is 1.33 bits per heavy atom. The fraction of sp³-hybridized carbons (Fsp3) is 0.833. The minimum atomic E-state index is -2.39. The summed E-state index contributed by atoms with van der Waals surface area (Å²) in [4.78, 5) is 10.0. The lowest BCUT2D eigenvalue weighted by Crippen LogP contribution is -2.57. The van der Waals surface area contributed by atoms with E-state index in [4.69, 9.17) is 20.4 Å². The zero-order chi connectivity index (χ0) is 9.78. The maximum atomic E-state index is 10.0. The van der Waals surface area contributed by atoms with E-state index in [-0.39, 0.29) is 6.29 Å². The third-order valence-corrected chi connectivity index (χ3v) is 1.64. The van der Waals surface area contributed by atoms with E-state index in [9.17, 15) is 9.90 Å². The van der Waals surface area contributed by atoms with Crippen molar-refractivity contribution in [1.82, 2.24) is 0 Å². The van der Waals surface area contributed by atoms with E-state index >= 15 is 0 Å². The second kappa shape index (κ2) is 4.48. The van der Waals surface area contributed by atoms with Crippen LogP contribution >= 0.6 is 0 Å². The Balaban J connectivity index is 4.53. The molecule has 0 aromatic heterocycles. The van der Waals surface area contributed by atoms with Crippen LogP contribution in [0.3, 0.4) is 0 Å².